The van der Waals surface area contributed by atoms with Gasteiger partial charge in [0, 0.05) is 34.9 Å². The van der Waals surface area contributed by atoms with Crippen molar-refractivity contribution in [2.24, 2.45) is 0 Å². The topological polar surface area (TPSA) is 83.1 Å². The number of nitrogens with zero attached hydrogens (tertiary/aromatic N) is 1. The zero-order chi connectivity index (χ0) is 19.7. The van der Waals surface area contributed by atoms with Gasteiger partial charge in [-0.3, -0.25) is 4.72 Å². The highest BCUT2D eigenvalue weighted by atomic mass is 32.2. The Balaban J connectivity index is 1.80. The molecular formula is C21H20N4O2S. The quantitative estimate of drug-likeness (QED) is 0.434. The molecule has 4 aromatic rings. The molecule has 0 aliphatic carbocycles. The minimum Gasteiger partial charge on any atom is -0.388 e. The maximum atomic E-state index is 11.4. The van der Waals surface area contributed by atoms with E-state index in [2.05, 4.69) is 15.4 Å². The van der Waals surface area contributed by atoms with Gasteiger partial charge in [-0.05, 0) is 48.5 Å². The van der Waals surface area contributed by atoms with E-state index in [1.54, 1.807) is 12.1 Å². The normalized spacial score (nSPS) is 11.5. The average molecular weight is 392 g/mol. The maximum absolute atomic E-state index is 11.4. The molecule has 142 valence electrons. The fourth-order valence-corrected chi connectivity index (χ4v) is 3.73. The number of anilines is 4. The van der Waals surface area contributed by atoms with Crippen molar-refractivity contribution in [1.29, 1.82) is 0 Å². The molecule has 3 N–H and O–H groups in total. The van der Waals surface area contributed by atoms with Crippen LogP contribution >= 0.6 is 0 Å². The summed E-state index contributed by atoms with van der Waals surface area (Å²) < 4.78 is 25.2. The SMILES string of the molecule is CNc1ccc2c(Nc3ccc(NS(C)(=O)=O)cc3)c3ccccc3nc2c1. The summed E-state index contributed by atoms with van der Waals surface area (Å²) in [7, 11) is -1.42. The number of fused-ring (bicyclic) bond motifs is 2. The van der Waals surface area contributed by atoms with Gasteiger partial charge >= 0.3 is 0 Å². The fraction of sp³-hybridized carbons (Fsp3) is 0.0952. The number of pyridine rings is 1. The zero-order valence-corrected chi connectivity index (χ0v) is 16.3. The lowest BCUT2D eigenvalue weighted by atomic mass is 10.1. The van der Waals surface area contributed by atoms with Gasteiger partial charge < -0.3 is 10.6 Å². The van der Waals surface area contributed by atoms with Crippen molar-refractivity contribution in [3.8, 4) is 0 Å². The van der Waals surface area contributed by atoms with E-state index in [9.17, 15) is 8.42 Å². The second-order valence-electron chi connectivity index (χ2n) is 6.56. The second kappa shape index (κ2) is 7.01. The predicted molar refractivity (Wildman–Crippen MR) is 117 cm³/mol. The summed E-state index contributed by atoms with van der Waals surface area (Å²) in [5.74, 6) is 0. The van der Waals surface area contributed by atoms with Gasteiger partial charge in [0.2, 0.25) is 10.0 Å². The maximum Gasteiger partial charge on any atom is 0.229 e. The number of aromatic nitrogens is 1. The van der Waals surface area contributed by atoms with Crippen LogP contribution in [0.15, 0.2) is 66.7 Å². The molecule has 0 radical (unpaired) electrons. The first-order valence-electron chi connectivity index (χ1n) is 8.78. The summed E-state index contributed by atoms with van der Waals surface area (Å²) in [5.41, 5.74) is 5.14. The molecular weight excluding hydrogens is 372 g/mol. The van der Waals surface area contributed by atoms with E-state index in [1.807, 2.05) is 61.6 Å². The number of sulfonamides is 1. The molecule has 0 spiro atoms. The van der Waals surface area contributed by atoms with Gasteiger partial charge in [0.1, 0.15) is 0 Å². The van der Waals surface area contributed by atoms with Gasteiger partial charge in [-0.25, -0.2) is 13.4 Å². The lowest BCUT2D eigenvalue weighted by molar-refractivity contribution is 0.607. The Morgan fingerprint density at radius 2 is 1.43 bits per heavy atom. The molecule has 7 heteroatoms. The van der Waals surface area contributed by atoms with Crippen LogP contribution in [-0.2, 0) is 10.0 Å². The largest absolute Gasteiger partial charge is 0.388 e. The van der Waals surface area contributed by atoms with Gasteiger partial charge in [0.25, 0.3) is 0 Å². The van der Waals surface area contributed by atoms with Crippen LogP contribution in [0, 0.1) is 0 Å². The van der Waals surface area contributed by atoms with Crippen molar-refractivity contribution >= 4 is 54.6 Å². The summed E-state index contributed by atoms with van der Waals surface area (Å²) >= 11 is 0. The average Bonchev–Trinajstić information content (AvgIpc) is 2.67. The molecule has 0 atom stereocenters. The van der Waals surface area contributed by atoms with E-state index in [4.69, 9.17) is 4.98 Å². The molecule has 0 unspecified atom stereocenters. The Morgan fingerprint density at radius 3 is 2.14 bits per heavy atom. The molecule has 6 nitrogen and oxygen atoms in total. The smallest absolute Gasteiger partial charge is 0.229 e. The van der Waals surface area contributed by atoms with E-state index >= 15 is 0 Å². The van der Waals surface area contributed by atoms with Crippen LogP contribution in [0.1, 0.15) is 0 Å². The molecule has 0 saturated heterocycles. The van der Waals surface area contributed by atoms with Gasteiger partial charge in [-0.1, -0.05) is 18.2 Å². The van der Waals surface area contributed by atoms with Crippen LogP contribution in [0.25, 0.3) is 21.8 Å². The minimum atomic E-state index is -3.30. The molecule has 3 aromatic carbocycles. The first-order valence-corrected chi connectivity index (χ1v) is 10.7. The summed E-state index contributed by atoms with van der Waals surface area (Å²) in [6.45, 7) is 0. The van der Waals surface area contributed by atoms with Crippen LogP contribution in [-0.4, -0.2) is 26.7 Å². The van der Waals surface area contributed by atoms with Crippen molar-refractivity contribution in [3.05, 3.63) is 66.7 Å². The number of hydrogen-bond acceptors (Lipinski definition) is 5. The van der Waals surface area contributed by atoms with Gasteiger partial charge in [-0.15, -0.1) is 0 Å². The van der Waals surface area contributed by atoms with Crippen molar-refractivity contribution in [1.82, 2.24) is 4.98 Å². The van der Waals surface area contributed by atoms with E-state index in [0.29, 0.717) is 5.69 Å². The van der Waals surface area contributed by atoms with Gasteiger partial charge in [0.05, 0.1) is 23.0 Å². The fourth-order valence-electron chi connectivity index (χ4n) is 3.16. The molecule has 28 heavy (non-hydrogen) atoms. The van der Waals surface area contributed by atoms with Crippen molar-refractivity contribution in [2.45, 2.75) is 0 Å². The van der Waals surface area contributed by atoms with E-state index in [1.165, 1.54) is 0 Å². The first-order chi connectivity index (χ1) is 13.4. The molecule has 0 bridgehead atoms. The molecule has 0 aliphatic rings. The van der Waals surface area contributed by atoms with Crippen molar-refractivity contribution < 1.29 is 8.42 Å². The molecule has 0 saturated carbocycles. The Hall–Kier alpha value is -3.32. The number of hydrogen-bond donors (Lipinski definition) is 3. The highest BCUT2D eigenvalue weighted by Gasteiger charge is 2.10. The minimum absolute atomic E-state index is 0.524. The number of rotatable bonds is 5. The molecule has 4 rings (SSSR count). The Labute approximate surface area is 163 Å². The van der Waals surface area contributed by atoms with Crippen LogP contribution in [0.3, 0.4) is 0 Å². The number of benzene rings is 3. The summed E-state index contributed by atoms with van der Waals surface area (Å²) in [6.07, 6.45) is 1.13. The van der Waals surface area contributed by atoms with Gasteiger partial charge in [0.15, 0.2) is 0 Å². The van der Waals surface area contributed by atoms with Crippen LogP contribution in [0.4, 0.5) is 22.7 Å². The third-order valence-electron chi connectivity index (χ3n) is 4.43. The highest BCUT2D eigenvalue weighted by Crippen LogP contribution is 2.34. The monoisotopic (exact) mass is 392 g/mol. The van der Waals surface area contributed by atoms with Crippen LogP contribution in [0.5, 0.6) is 0 Å². The summed E-state index contributed by atoms with van der Waals surface area (Å²) in [4.78, 5) is 4.79. The molecule has 0 amide bonds. The predicted octanol–water partition coefficient (Wildman–Crippen LogP) is 4.54. The molecule has 1 aromatic heterocycles. The van der Waals surface area contributed by atoms with Crippen LogP contribution < -0.4 is 15.4 Å². The van der Waals surface area contributed by atoms with E-state index in [0.717, 1.165) is 45.1 Å². The zero-order valence-electron chi connectivity index (χ0n) is 15.5. The lowest BCUT2D eigenvalue weighted by Gasteiger charge is -2.14. The van der Waals surface area contributed by atoms with Crippen LogP contribution in [0.2, 0.25) is 0 Å². The second-order valence-corrected chi connectivity index (χ2v) is 8.31. The molecule has 1 heterocycles. The summed E-state index contributed by atoms with van der Waals surface area (Å²) in [6, 6.07) is 21.2. The van der Waals surface area contributed by atoms with Crippen molar-refractivity contribution in [2.75, 3.05) is 28.7 Å². The standard InChI is InChI=1S/C21H20N4O2S/c1-22-16-11-12-18-20(13-16)24-19-6-4-3-5-17(19)21(18)23-14-7-9-15(10-8-14)25-28(2,26)27/h3-13,22,25H,1-2H3,(H,23,24). The third kappa shape index (κ3) is 3.70. The Morgan fingerprint density at radius 1 is 0.786 bits per heavy atom. The van der Waals surface area contributed by atoms with Crippen molar-refractivity contribution in [3.63, 3.8) is 0 Å². The highest BCUT2D eigenvalue weighted by molar-refractivity contribution is 7.92. The third-order valence-corrected chi connectivity index (χ3v) is 5.03. The van der Waals surface area contributed by atoms with E-state index in [-0.39, 0.29) is 0 Å². The molecule has 0 aliphatic heterocycles. The first kappa shape index (κ1) is 18.1. The molecule has 0 fully saturated rings. The van der Waals surface area contributed by atoms with E-state index < -0.39 is 10.0 Å². The lowest BCUT2D eigenvalue weighted by Crippen LogP contribution is -2.09. The Kier molecular flexibility index (Phi) is 4.52. The van der Waals surface area contributed by atoms with Gasteiger partial charge in [-0.2, -0.15) is 0 Å². The number of nitrogens with one attached hydrogen (secondary N) is 3. The Bertz CT molecular complexity index is 1270. The summed E-state index contributed by atoms with van der Waals surface area (Å²) in [5, 5.41) is 8.65. The number of para-hydroxylation sites is 1.